The van der Waals surface area contributed by atoms with Crippen LogP contribution in [0.1, 0.15) is 10.4 Å². The van der Waals surface area contributed by atoms with Gasteiger partial charge in [0, 0.05) is 49.4 Å². The van der Waals surface area contributed by atoms with Gasteiger partial charge in [0.2, 0.25) is 0 Å². The Kier molecular flexibility index (Phi) is 5.96. The number of anilines is 1. The SMILES string of the molecule is C=CCNC(=O)Nc1nc2cc(-c3cncc(C(=O)N4CCOCC4)c3)cnc2s1. The Hall–Kier alpha value is -3.37. The van der Waals surface area contributed by atoms with Crippen molar-refractivity contribution in [3.63, 3.8) is 0 Å². The zero-order valence-electron chi connectivity index (χ0n) is 16.1. The van der Waals surface area contributed by atoms with Gasteiger partial charge in [-0.05, 0) is 12.1 Å². The summed E-state index contributed by atoms with van der Waals surface area (Å²) in [7, 11) is 0. The molecule has 2 N–H and O–H groups in total. The fourth-order valence-electron chi connectivity index (χ4n) is 3.00. The zero-order valence-corrected chi connectivity index (χ0v) is 16.9. The van der Waals surface area contributed by atoms with Gasteiger partial charge < -0.3 is 15.0 Å². The number of nitrogens with one attached hydrogen (secondary N) is 2. The number of fused-ring (bicyclic) bond motifs is 1. The smallest absolute Gasteiger partial charge is 0.321 e. The molecular formula is C20H20N6O3S. The third kappa shape index (κ3) is 4.44. The van der Waals surface area contributed by atoms with Gasteiger partial charge in [0.25, 0.3) is 5.91 Å². The molecule has 0 unspecified atom stereocenters. The first kappa shape index (κ1) is 19.9. The van der Waals surface area contributed by atoms with Crippen LogP contribution in [0.15, 0.2) is 43.4 Å². The fourth-order valence-corrected chi connectivity index (χ4v) is 3.79. The molecule has 1 fully saturated rings. The van der Waals surface area contributed by atoms with Crippen LogP contribution in [-0.2, 0) is 4.74 Å². The van der Waals surface area contributed by atoms with Crippen molar-refractivity contribution in [2.75, 3.05) is 38.2 Å². The summed E-state index contributed by atoms with van der Waals surface area (Å²) < 4.78 is 5.31. The summed E-state index contributed by atoms with van der Waals surface area (Å²) in [5.74, 6) is -0.0626. The van der Waals surface area contributed by atoms with Crippen molar-refractivity contribution < 1.29 is 14.3 Å². The molecule has 0 atom stereocenters. The number of carbonyl (C=O) groups is 2. The highest BCUT2D eigenvalue weighted by Gasteiger charge is 2.19. The van der Waals surface area contributed by atoms with Gasteiger partial charge in [-0.1, -0.05) is 17.4 Å². The first-order valence-corrected chi connectivity index (χ1v) is 10.2. The molecule has 0 radical (unpaired) electrons. The molecule has 3 amide bonds. The Bertz CT molecular complexity index is 1090. The molecule has 1 aliphatic heterocycles. The van der Waals surface area contributed by atoms with E-state index < -0.39 is 0 Å². The van der Waals surface area contributed by atoms with Gasteiger partial charge in [-0.3, -0.25) is 15.1 Å². The molecule has 9 nitrogen and oxygen atoms in total. The maximum Gasteiger partial charge on any atom is 0.321 e. The van der Waals surface area contributed by atoms with E-state index >= 15 is 0 Å². The number of hydrogen-bond donors (Lipinski definition) is 2. The molecule has 10 heteroatoms. The molecule has 1 aliphatic rings. The van der Waals surface area contributed by atoms with Crippen LogP contribution in [0.2, 0.25) is 0 Å². The average Bonchev–Trinajstić information content (AvgIpc) is 3.19. The monoisotopic (exact) mass is 424 g/mol. The highest BCUT2D eigenvalue weighted by molar-refractivity contribution is 7.21. The fraction of sp³-hybridized carbons (Fsp3) is 0.250. The standard InChI is InChI=1S/C20H20N6O3S/c1-2-3-22-19(28)25-20-24-16-9-14(12-23-17(16)30-20)13-8-15(11-21-10-13)18(27)26-4-6-29-7-5-26/h2,8-12H,1,3-7H2,(H2,22,24,25,28). The predicted octanol–water partition coefficient (Wildman–Crippen LogP) is 2.53. The van der Waals surface area contributed by atoms with E-state index in [0.29, 0.717) is 53.9 Å². The number of pyridine rings is 2. The summed E-state index contributed by atoms with van der Waals surface area (Å²) in [6.45, 7) is 6.17. The summed E-state index contributed by atoms with van der Waals surface area (Å²) in [6.07, 6.45) is 6.56. The molecule has 154 valence electrons. The Balaban J connectivity index is 1.55. The molecular weight excluding hydrogens is 404 g/mol. The summed E-state index contributed by atoms with van der Waals surface area (Å²) in [4.78, 5) is 40.1. The quantitative estimate of drug-likeness (QED) is 0.609. The number of rotatable bonds is 5. The van der Waals surface area contributed by atoms with Gasteiger partial charge in [-0.25, -0.2) is 14.8 Å². The number of carbonyl (C=O) groups excluding carboxylic acids is 2. The Morgan fingerprint density at radius 1 is 1.20 bits per heavy atom. The Morgan fingerprint density at radius 2 is 2.00 bits per heavy atom. The summed E-state index contributed by atoms with van der Waals surface area (Å²) in [5.41, 5.74) is 2.74. The first-order chi connectivity index (χ1) is 14.6. The molecule has 0 aromatic carbocycles. The van der Waals surface area contributed by atoms with Crippen LogP contribution in [-0.4, -0.2) is 64.6 Å². The van der Waals surface area contributed by atoms with E-state index in [1.807, 2.05) is 12.1 Å². The van der Waals surface area contributed by atoms with Gasteiger partial charge >= 0.3 is 6.03 Å². The van der Waals surface area contributed by atoms with Gasteiger partial charge in [-0.15, -0.1) is 6.58 Å². The molecule has 4 rings (SSSR count). The molecule has 0 aliphatic carbocycles. The minimum Gasteiger partial charge on any atom is -0.378 e. The highest BCUT2D eigenvalue weighted by Crippen LogP contribution is 2.28. The first-order valence-electron chi connectivity index (χ1n) is 9.39. The number of amides is 3. The van der Waals surface area contributed by atoms with Crippen molar-refractivity contribution in [1.82, 2.24) is 25.2 Å². The van der Waals surface area contributed by atoms with E-state index in [-0.39, 0.29) is 11.9 Å². The van der Waals surface area contributed by atoms with Gasteiger partial charge in [0.15, 0.2) is 5.13 Å². The van der Waals surface area contributed by atoms with Crippen molar-refractivity contribution in [2.45, 2.75) is 0 Å². The topological polar surface area (TPSA) is 109 Å². The van der Waals surface area contributed by atoms with Gasteiger partial charge in [0.05, 0.1) is 18.8 Å². The van der Waals surface area contributed by atoms with Crippen LogP contribution in [0.3, 0.4) is 0 Å². The molecule has 3 aromatic rings. The van der Waals surface area contributed by atoms with Crippen LogP contribution < -0.4 is 10.6 Å². The van der Waals surface area contributed by atoms with Crippen molar-refractivity contribution in [2.24, 2.45) is 0 Å². The second kappa shape index (κ2) is 8.97. The largest absolute Gasteiger partial charge is 0.378 e. The third-order valence-corrected chi connectivity index (χ3v) is 5.39. The summed E-state index contributed by atoms with van der Waals surface area (Å²) in [5, 5.41) is 5.76. The minimum atomic E-state index is -0.354. The Morgan fingerprint density at radius 3 is 2.80 bits per heavy atom. The second-order valence-corrected chi connectivity index (χ2v) is 7.54. The maximum atomic E-state index is 12.7. The molecule has 1 saturated heterocycles. The van der Waals surface area contributed by atoms with E-state index in [9.17, 15) is 9.59 Å². The van der Waals surface area contributed by atoms with Crippen molar-refractivity contribution >= 4 is 38.8 Å². The number of hydrogen-bond acceptors (Lipinski definition) is 7. The number of urea groups is 1. The van der Waals surface area contributed by atoms with E-state index in [4.69, 9.17) is 4.74 Å². The lowest BCUT2D eigenvalue weighted by Gasteiger charge is -2.26. The highest BCUT2D eigenvalue weighted by atomic mass is 32.1. The lowest BCUT2D eigenvalue weighted by Crippen LogP contribution is -2.40. The number of thiazole rings is 1. The van der Waals surface area contributed by atoms with E-state index in [0.717, 1.165) is 11.1 Å². The van der Waals surface area contributed by atoms with Gasteiger partial charge in [-0.2, -0.15) is 0 Å². The number of aromatic nitrogens is 3. The second-order valence-electron chi connectivity index (χ2n) is 6.56. The van der Waals surface area contributed by atoms with Crippen LogP contribution in [0.4, 0.5) is 9.93 Å². The third-order valence-electron chi connectivity index (χ3n) is 4.49. The van der Waals surface area contributed by atoms with Crippen LogP contribution in [0, 0.1) is 0 Å². The van der Waals surface area contributed by atoms with Crippen molar-refractivity contribution in [3.8, 4) is 11.1 Å². The normalized spacial score (nSPS) is 13.8. The van der Waals surface area contributed by atoms with E-state index in [2.05, 4.69) is 32.2 Å². The van der Waals surface area contributed by atoms with Crippen LogP contribution >= 0.6 is 11.3 Å². The van der Waals surface area contributed by atoms with Crippen molar-refractivity contribution in [3.05, 3.63) is 48.9 Å². The lowest BCUT2D eigenvalue weighted by molar-refractivity contribution is 0.0302. The molecule has 3 aromatic heterocycles. The van der Waals surface area contributed by atoms with E-state index in [1.165, 1.54) is 11.3 Å². The summed E-state index contributed by atoms with van der Waals surface area (Å²) in [6, 6.07) is 3.32. The molecule has 0 bridgehead atoms. The average molecular weight is 424 g/mol. The molecule has 30 heavy (non-hydrogen) atoms. The maximum absolute atomic E-state index is 12.7. The lowest BCUT2D eigenvalue weighted by atomic mass is 10.1. The van der Waals surface area contributed by atoms with Gasteiger partial charge in [0.1, 0.15) is 10.3 Å². The minimum absolute atomic E-state index is 0.0626. The Labute approximate surface area is 176 Å². The molecule has 4 heterocycles. The van der Waals surface area contributed by atoms with Crippen LogP contribution in [0.5, 0.6) is 0 Å². The van der Waals surface area contributed by atoms with Crippen molar-refractivity contribution in [1.29, 1.82) is 0 Å². The molecule has 0 spiro atoms. The molecule has 0 saturated carbocycles. The zero-order chi connectivity index (χ0) is 20.9. The number of morpholine rings is 1. The predicted molar refractivity (Wildman–Crippen MR) is 115 cm³/mol. The number of ether oxygens (including phenoxy) is 1. The van der Waals surface area contributed by atoms with Crippen LogP contribution in [0.25, 0.3) is 21.5 Å². The number of nitrogens with zero attached hydrogens (tertiary/aromatic N) is 4. The summed E-state index contributed by atoms with van der Waals surface area (Å²) >= 11 is 1.28. The van der Waals surface area contributed by atoms with E-state index in [1.54, 1.807) is 29.6 Å².